The first-order valence-corrected chi connectivity index (χ1v) is 11.2. The molecule has 0 N–H and O–H groups in total. The van der Waals surface area contributed by atoms with Crippen molar-refractivity contribution in [3.8, 4) is 11.5 Å². The third-order valence-electron chi connectivity index (χ3n) is 4.62. The second-order valence-corrected chi connectivity index (χ2v) is 8.74. The predicted octanol–water partition coefficient (Wildman–Crippen LogP) is 5.57. The zero-order valence-corrected chi connectivity index (χ0v) is 17.8. The van der Waals surface area contributed by atoms with Gasteiger partial charge in [0.1, 0.15) is 11.5 Å². The monoisotopic (exact) mass is 402 g/mol. The quantitative estimate of drug-likeness (QED) is 0.461. The molecule has 0 aliphatic rings. The zero-order chi connectivity index (χ0) is 20.4. The van der Waals surface area contributed by atoms with Gasteiger partial charge in [0.05, 0.1) is 19.1 Å². The van der Waals surface area contributed by atoms with E-state index in [1.807, 2.05) is 24.3 Å². The molecule has 0 spiro atoms. The summed E-state index contributed by atoms with van der Waals surface area (Å²) < 4.78 is 37.1. The minimum absolute atomic E-state index is 0.304. The number of ether oxygens (including phenoxy) is 2. The average Bonchev–Trinajstić information content (AvgIpc) is 2.73. The molecule has 0 aromatic heterocycles. The Morgan fingerprint density at radius 3 is 2.14 bits per heavy atom. The topological polar surface area (TPSA) is 52.6 Å². The van der Waals surface area contributed by atoms with E-state index in [-0.39, 0.29) is 0 Å². The van der Waals surface area contributed by atoms with E-state index in [0.717, 1.165) is 31.2 Å². The Kier molecular flexibility index (Phi) is 8.58. The van der Waals surface area contributed by atoms with E-state index >= 15 is 0 Å². The maximum absolute atomic E-state index is 13.2. The van der Waals surface area contributed by atoms with E-state index in [1.54, 1.807) is 44.6 Å². The summed E-state index contributed by atoms with van der Waals surface area (Å²) >= 11 is 0. The van der Waals surface area contributed by atoms with Gasteiger partial charge in [-0.2, -0.15) is 0 Å². The van der Waals surface area contributed by atoms with Crippen LogP contribution >= 0.6 is 0 Å². The van der Waals surface area contributed by atoms with Crippen molar-refractivity contribution in [2.45, 2.75) is 50.3 Å². The molecule has 2 aromatic carbocycles. The van der Waals surface area contributed by atoms with Crippen LogP contribution in [0.4, 0.5) is 0 Å². The number of allylic oxidation sites excluding steroid dienone is 2. The molecule has 5 heteroatoms. The summed E-state index contributed by atoms with van der Waals surface area (Å²) in [5.74, 6) is 1.29. The summed E-state index contributed by atoms with van der Waals surface area (Å²) in [7, 11) is -0.378. The molecular weight excluding hydrogens is 372 g/mol. The van der Waals surface area contributed by atoms with Crippen LogP contribution in [0.5, 0.6) is 11.5 Å². The maximum atomic E-state index is 13.2. The van der Waals surface area contributed by atoms with Gasteiger partial charge in [-0.15, -0.1) is 0 Å². The fourth-order valence-corrected chi connectivity index (χ4v) is 4.54. The van der Waals surface area contributed by atoms with Crippen molar-refractivity contribution in [3.05, 3.63) is 65.1 Å². The van der Waals surface area contributed by atoms with Crippen molar-refractivity contribution in [2.24, 2.45) is 0 Å². The van der Waals surface area contributed by atoms with E-state index in [1.165, 1.54) is 6.42 Å². The lowest BCUT2D eigenvalue weighted by Crippen LogP contribution is -2.08. The van der Waals surface area contributed by atoms with Gasteiger partial charge in [-0.3, -0.25) is 0 Å². The number of hydrogen-bond donors (Lipinski definition) is 0. The number of hydrogen-bond acceptors (Lipinski definition) is 4. The molecule has 0 bridgehead atoms. The first-order chi connectivity index (χ1) is 13.5. The average molecular weight is 403 g/mol. The molecule has 0 fully saturated rings. The smallest absolute Gasteiger partial charge is 0.202 e. The van der Waals surface area contributed by atoms with Gasteiger partial charge in [0.2, 0.25) is 9.84 Å². The van der Waals surface area contributed by atoms with Gasteiger partial charge in [0.25, 0.3) is 0 Å². The maximum Gasteiger partial charge on any atom is 0.202 e. The van der Waals surface area contributed by atoms with Gasteiger partial charge in [-0.25, -0.2) is 8.42 Å². The first kappa shape index (κ1) is 22.0. The number of methoxy groups -OCH3 is 2. The van der Waals surface area contributed by atoms with Gasteiger partial charge in [-0.1, -0.05) is 50.5 Å². The van der Waals surface area contributed by atoms with Crippen LogP contribution in [-0.4, -0.2) is 22.6 Å². The van der Waals surface area contributed by atoms with Crippen LogP contribution in [0.1, 0.15) is 44.6 Å². The summed E-state index contributed by atoms with van der Waals surface area (Å²) in [4.78, 5) is 0.746. The van der Waals surface area contributed by atoms with Crippen molar-refractivity contribution < 1.29 is 17.9 Å². The highest BCUT2D eigenvalue weighted by molar-refractivity contribution is 7.95. The van der Waals surface area contributed by atoms with Crippen LogP contribution in [0.15, 0.2) is 64.4 Å². The van der Waals surface area contributed by atoms with Crippen LogP contribution in [0.25, 0.3) is 0 Å². The molecule has 0 aliphatic heterocycles. The molecular formula is C23H30O4S. The van der Waals surface area contributed by atoms with Crippen LogP contribution in [-0.2, 0) is 16.3 Å². The minimum Gasteiger partial charge on any atom is -0.497 e. The highest BCUT2D eigenvalue weighted by Crippen LogP contribution is 2.28. The summed E-state index contributed by atoms with van der Waals surface area (Å²) in [5.41, 5.74) is 0.843. The summed E-state index contributed by atoms with van der Waals surface area (Å²) in [6.07, 6.45) is 7.36. The number of unbranched alkanes of at least 4 members (excludes halogenated alkanes) is 4. The highest BCUT2D eigenvalue weighted by atomic mass is 32.2. The van der Waals surface area contributed by atoms with Crippen molar-refractivity contribution in [2.75, 3.05) is 14.2 Å². The first-order valence-electron chi connectivity index (χ1n) is 9.72. The van der Waals surface area contributed by atoms with E-state index < -0.39 is 9.84 Å². The van der Waals surface area contributed by atoms with Crippen LogP contribution < -0.4 is 9.47 Å². The Balaban J connectivity index is 2.35. The highest BCUT2D eigenvalue weighted by Gasteiger charge is 2.21. The Morgan fingerprint density at radius 2 is 1.57 bits per heavy atom. The Hall–Kier alpha value is -2.27. The van der Waals surface area contributed by atoms with E-state index in [4.69, 9.17) is 9.47 Å². The van der Waals surface area contributed by atoms with Crippen molar-refractivity contribution in [3.63, 3.8) is 0 Å². The molecule has 0 saturated heterocycles. The number of rotatable bonds is 11. The van der Waals surface area contributed by atoms with Gasteiger partial charge in [0, 0.05) is 17.4 Å². The second-order valence-electron chi connectivity index (χ2n) is 6.73. The van der Waals surface area contributed by atoms with Gasteiger partial charge in [0.15, 0.2) is 0 Å². The SMILES string of the molecule is CCCCCC/C=C(\Cc1cc(OC)cc(OC)c1)S(=O)(=O)c1ccccc1. The molecule has 28 heavy (non-hydrogen) atoms. The zero-order valence-electron chi connectivity index (χ0n) is 17.0. The molecule has 4 nitrogen and oxygen atoms in total. The molecule has 0 heterocycles. The van der Waals surface area contributed by atoms with Crippen LogP contribution in [0.3, 0.4) is 0 Å². The molecule has 0 atom stereocenters. The molecule has 2 aromatic rings. The van der Waals surface area contributed by atoms with E-state index in [2.05, 4.69) is 6.92 Å². The summed E-state index contributed by atoms with van der Waals surface area (Å²) in [6.45, 7) is 2.16. The van der Waals surface area contributed by atoms with E-state index in [0.29, 0.717) is 27.7 Å². The summed E-state index contributed by atoms with van der Waals surface area (Å²) in [5, 5.41) is 0. The fourth-order valence-electron chi connectivity index (χ4n) is 3.03. The molecule has 0 aliphatic carbocycles. The fraction of sp³-hybridized carbons (Fsp3) is 0.391. The number of benzene rings is 2. The third-order valence-corrected chi connectivity index (χ3v) is 6.51. The van der Waals surface area contributed by atoms with Gasteiger partial charge < -0.3 is 9.47 Å². The summed E-state index contributed by atoms with van der Waals surface area (Å²) in [6, 6.07) is 14.1. The number of sulfone groups is 1. The minimum atomic E-state index is -3.55. The molecule has 0 unspecified atom stereocenters. The normalized spacial score (nSPS) is 12.0. The molecule has 152 valence electrons. The van der Waals surface area contributed by atoms with Gasteiger partial charge >= 0.3 is 0 Å². The van der Waals surface area contributed by atoms with Crippen molar-refractivity contribution in [1.82, 2.24) is 0 Å². The second kappa shape index (κ2) is 10.9. The Morgan fingerprint density at radius 1 is 0.929 bits per heavy atom. The Bertz CT molecular complexity index is 848. The third kappa shape index (κ3) is 6.13. The van der Waals surface area contributed by atoms with Crippen molar-refractivity contribution >= 4 is 9.84 Å². The largest absolute Gasteiger partial charge is 0.497 e. The lowest BCUT2D eigenvalue weighted by Gasteiger charge is -2.12. The van der Waals surface area contributed by atoms with Crippen molar-refractivity contribution in [1.29, 1.82) is 0 Å². The molecule has 2 rings (SSSR count). The van der Waals surface area contributed by atoms with E-state index in [9.17, 15) is 8.42 Å². The molecule has 0 radical (unpaired) electrons. The molecule has 0 saturated carbocycles. The van der Waals surface area contributed by atoms with Crippen LogP contribution in [0, 0.1) is 0 Å². The van der Waals surface area contributed by atoms with Crippen LogP contribution in [0.2, 0.25) is 0 Å². The van der Waals surface area contributed by atoms with Gasteiger partial charge in [-0.05, 0) is 42.7 Å². The Labute approximate surface area is 169 Å². The predicted molar refractivity (Wildman–Crippen MR) is 114 cm³/mol. The molecule has 0 amide bonds. The standard InChI is InChI=1S/C23H30O4S/c1-4-5-6-7-9-14-23(28(24,25)22-12-10-8-11-13-22)17-19-15-20(26-2)18-21(16-19)27-3/h8,10-16,18H,4-7,9,17H2,1-3H3/b23-14+. The lowest BCUT2D eigenvalue weighted by molar-refractivity contribution is 0.393. The lowest BCUT2D eigenvalue weighted by atomic mass is 10.1.